The highest BCUT2D eigenvalue weighted by atomic mass is 16.6. The Morgan fingerprint density at radius 1 is 1.37 bits per heavy atom. The van der Waals surface area contributed by atoms with Gasteiger partial charge in [-0.25, -0.2) is 0 Å². The summed E-state index contributed by atoms with van der Waals surface area (Å²) in [5, 5.41) is 20.3. The Bertz CT molecular complexity index is 453. The van der Waals surface area contributed by atoms with Gasteiger partial charge in [0.05, 0.1) is 23.7 Å². The first-order chi connectivity index (χ1) is 9.08. The summed E-state index contributed by atoms with van der Waals surface area (Å²) in [5.74, 6) is 0. The van der Waals surface area contributed by atoms with Crippen molar-refractivity contribution in [3.05, 3.63) is 39.4 Å². The van der Waals surface area contributed by atoms with E-state index in [1.54, 1.807) is 13.0 Å². The molecule has 0 unspecified atom stereocenters. The highest BCUT2D eigenvalue weighted by Gasteiger charge is 2.20. The van der Waals surface area contributed by atoms with Crippen LogP contribution in [0.25, 0.3) is 0 Å². The Labute approximate surface area is 112 Å². The van der Waals surface area contributed by atoms with Crippen LogP contribution in [0, 0.1) is 17.0 Å². The van der Waals surface area contributed by atoms with Crippen LogP contribution < -0.4 is 0 Å². The Morgan fingerprint density at radius 2 is 2.05 bits per heavy atom. The van der Waals surface area contributed by atoms with Gasteiger partial charge in [-0.2, -0.15) is 0 Å². The monoisotopic (exact) mass is 265 g/mol. The van der Waals surface area contributed by atoms with E-state index in [9.17, 15) is 15.2 Å². The third kappa shape index (κ3) is 3.52. The first kappa shape index (κ1) is 14.0. The molecule has 1 aliphatic rings. The molecule has 0 heterocycles. The molecule has 1 aliphatic carbocycles. The maximum absolute atomic E-state index is 10.9. The Kier molecular flexibility index (Phi) is 4.50. The summed E-state index contributed by atoms with van der Waals surface area (Å²) in [5.41, 5.74) is 1.67. The molecule has 1 N–H and O–H groups in total. The van der Waals surface area contributed by atoms with Crippen LogP contribution in [0.2, 0.25) is 0 Å². The molecule has 19 heavy (non-hydrogen) atoms. The molecule has 0 radical (unpaired) electrons. The van der Waals surface area contributed by atoms with E-state index in [0.717, 1.165) is 31.2 Å². The number of nitro groups is 1. The number of ether oxygens (including phenoxy) is 1. The van der Waals surface area contributed by atoms with Crippen molar-refractivity contribution in [3.8, 4) is 0 Å². The Morgan fingerprint density at radius 3 is 2.68 bits per heavy atom. The maximum Gasteiger partial charge on any atom is 0.272 e. The molecular formula is C14H19NO4. The molecule has 104 valence electrons. The number of nitro benzene ring substituents is 1. The van der Waals surface area contributed by atoms with Crippen LogP contribution >= 0.6 is 0 Å². The first-order valence-electron chi connectivity index (χ1n) is 6.60. The smallest absolute Gasteiger partial charge is 0.272 e. The second-order valence-corrected chi connectivity index (χ2v) is 5.06. The summed E-state index contributed by atoms with van der Waals surface area (Å²) in [6.45, 7) is 2.15. The highest BCUT2D eigenvalue weighted by Crippen LogP contribution is 2.25. The molecule has 0 aliphatic heterocycles. The minimum atomic E-state index is -0.365. The summed E-state index contributed by atoms with van der Waals surface area (Å²) >= 11 is 0. The van der Waals surface area contributed by atoms with Crippen LogP contribution in [0.1, 0.15) is 36.8 Å². The van der Waals surface area contributed by atoms with Gasteiger partial charge < -0.3 is 9.84 Å². The standard InChI is InChI=1S/C14H19NO4/c1-10-11(3-2-4-14(10)15(17)18)9-19-13-7-5-12(16)6-8-13/h2-4,12-13,16H,5-9H2,1H3. The van der Waals surface area contributed by atoms with Crippen LogP contribution in [0.3, 0.4) is 0 Å². The van der Waals surface area contributed by atoms with E-state index in [4.69, 9.17) is 4.74 Å². The lowest BCUT2D eigenvalue weighted by Gasteiger charge is -2.25. The topological polar surface area (TPSA) is 72.6 Å². The van der Waals surface area contributed by atoms with E-state index >= 15 is 0 Å². The molecule has 0 atom stereocenters. The lowest BCUT2D eigenvalue weighted by Crippen LogP contribution is -2.24. The molecule has 5 nitrogen and oxygen atoms in total. The van der Waals surface area contributed by atoms with Crippen molar-refractivity contribution < 1.29 is 14.8 Å². The fourth-order valence-corrected chi connectivity index (χ4v) is 2.44. The molecule has 1 saturated carbocycles. The van der Waals surface area contributed by atoms with E-state index in [1.807, 2.05) is 6.07 Å². The first-order valence-corrected chi connectivity index (χ1v) is 6.60. The fraction of sp³-hybridized carbons (Fsp3) is 0.571. The zero-order valence-corrected chi connectivity index (χ0v) is 11.0. The van der Waals surface area contributed by atoms with Crippen LogP contribution in [-0.4, -0.2) is 22.2 Å². The minimum absolute atomic E-state index is 0.139. The van der Waals surface area contributed by atoms with Crippen molar-refractivity contribution in [2.45, 2.75) is 51.4 Å². The molecule has 5 heteroatoms. The second kappa shape index (κ2) is 6.12. The molecule has 1 fully saturated rings. The van der Waals surface area contributed by atoms with Crippen LogP contribution in [-0.2, 0) is 11.3 Å². The SMILES string of the molecule is Cc1c(COC2CCC(O)CC2)cccc1[N+](=O)[O-]. The van der Waals surface area contributed by atoms with Crippen molar-refractivity contribution in [1.29, 1.82) is 0 Å². The van der Waals surface area contributed by atoms with Crippen molar-refractivity contribution in [2.24, 2.45) is 0 Å². The zero-order chi connectivity index (χ0) is 13.8. The summed E-state index contributed by atoms with van der Waals surface area (Å²) < 4.78 is 5.80. The number of benzene rings is 1. The van der Waals surface area contributed by atoms with Crippen LogP contribution in [0.5, 0.6) is 0 Å². The fourth-order valence-electron chi connectivity index (χ4n) is 2.44. The van der Waals surface area contributed by atoms with Crippen molar-refractivity contribution in [1.82, 2.24) is 0 Å². The molecular weight excluding hydrogens is 246 g/mol. The number of hydrogen-bond acceptors (Lipinski definition) is 4. The Hall–Kier alpha value is -1.46. The number of hydrogen-bond donors (Lipinski definition) is 1. The summed E-state index contributed by atoms with van der Waals surface area (Å²) in [7, 11) is 0. The number of nitrogens with zero attached hydrogens (tertiary/aromatic N) is 1. The lowest BCUT2D eigenvalue weighted by molar-refractivity contribution is -0.385. The minimum Gasteiger partial charge on any atom is -0.393 e. The van der Waals surface area contributed by atoms with Gasteiger partial charge in [0.2, 0.25) is 0 Å². The van der Waals surface area contributed by atoms with Crippen molar-refractivity contribution >= 4 is 5.69 Å². The van der Waals surface area contributed by atoms with Gasteiger partial charge in [0, 0.05) is 11.6 Å². The number of aliphatic hydroxyl groups excluding tert-OH is 1. The lowest BCUT2D eigenvalue weighted by atomic mass is 9.95. The van der Waals surface area contributed by atoms with E-state index in [2.05, 4.69) is 0 Å². The van der Waals surface area contributed by atoms with E-state index in [-0.39, 0.29) is 22.8 Å². The maximum atomic E-state index is 10.9. The average molecular weight is 265 g/mol. The average Bonchev–Trinajstić information content (AvgIpc) is 2.39. The predicted octanol–water partition coefficient (Wildman–Crippen LogP) is 2.72. The van der Waals surface area contributed by atoms with E-state index in [1.165, 1.54) is 6.07 Å². The number of rotatable bonds is 4. The normalized spacial score (nSPS) is 23.3. The summed E-state index contributed by atoms with van der Waals surface area (Å²) in [6, 6.07) is 5.06. The molecule has 0 bridgehead atoms. The largest absolute Gasteiger partial charge is 0.393 e. The molecule has 1 aromatic carbocycles. The molecule has 0 amide bonds. The van der Waals surface area contributed by atoms with Gasteiger partial charge >= 0.3 is 0 Å². The van der Waals surface area contributed by atoms with Crippen molar-refractivity contribution in [2.75, 3.05) is 0 Å². The van der Waals surface area contributed by atoms with Gasteiger partial charge in [-0.1, -0.05) is 12.1 Å². The Balaban J connectivity index is 1.96. The predicted molar refractivity (Wildman–Crippen MR) is 70.9 cm³/mol. The second-order valence-electron chi connectivity index (χ2n) is 5.06. The van der Waals surface area contributed by atoms with Crippen molar-refractivity contribution in [3.63, 3.8) is 0 Å². The number of aliphatic hydroxyl groups is 1. The third-order valence-corrected chi connectivity index (χ3v) is 3.73. The van der Waals surface area contributed by atoms with Crippen LogP contribution in [0.15, 0.2) is 18.2 Å². The van der Waals surface area contributed by atoms with Crippen LogP contribution in [0.4, 0.5) is 5.69 Å². The van der Waals surface area contributed by atoms with Gasteiger partial charge in [0.1, 0.15) is 0 Å². The zero-order valence-electron chi connectivity index (χ0n) is 11.0. The third-order valence-electron chi connectivity index (χ3n) is 3.73. The quantitative estimate of drug-likeness (QED) is 0.671. The van der Waals surface area contributed by atoms with E-state index in [0.29, 0.717) is 12.2 Å². The molecule has 0 aromatic heterocycles. The van der Waals surface area contributed by atoms with Gasteiger partial charge in [-0.15, -0.1) is 0 Å². The van der Waals surface area contributed by atoms with Gasteiger partial charge in [-0.3, -0.25) is 10.1 Å². The van der Waals surface area contributed by atoms with Gasteiger partial charge in [-0.05, 0) is 38.2 Å². The summed E-state index contributed by atoms with van der Waals surface area (Å²) in [4.78, 5) is 10.5. The van der Waals surface area contributed by atoms with Gasteiger partial charge in [0.25, 0.3) is 5.69 Å². The van der Waals surface area contributed by atoms with Gasteiger partial charge in [0.15, 0.2) is 0 Å². The molecule has 0 saturated heterocycles. The molecule has 0 spiro atoms. The van der Waals surface area contributed by atoms with E-state index < -0.39 is 0 Å². The summed E-state index contributed by atoms with van der Waals surface area (Å²) in [6.07, 6.45) is 3.23. The molecule has 2 rings (SSSR count). The molecule has 1 aromatic rings. The highest BCUT2D eigenvalue weighted by molar-refractivity contribution is 5.44.